The standard InChI is InChI=1S/C17H20O2S.CHF3O3S/c1-12(18-2)19-16-8-7-13-5-3-4-6-15(13)17(16)14-9-10-20-11-14;2-1(3,4)8(5,6)7/h3-8,12,14H,9-11H2,1-2H3;(H,5,6,7). The third-order valence-corrected chi connectivity index (χ3v) is 6.07. The Morgan fingerprint density at radius 3 is 2.39 bits per heavy atom. The summed E-state index contributed by atoms with van der Waals surface area (Å²) in [4.78, 5) is 0. The lowest BCUT2D eigenvalue weighted by Crippen LogP contribution is -2.21. The van der Waals surface area contributed by atoms with Crippen LogP contribution in [0.15, 0.2) is 36.4 Å². The molecule has 1 aliphatic rings. The van der Waals surface area contributed by atoms with Crippen molar-refractivity contribution in [2.45, 2.75) is 31.1 Å². The van der Waals surface area contributed by atoms with Crippen LogP contribution in [0.4, 0.5) is 13.2 Å². The third kappa shape index (κ3) is 5.76. The Labute approximate surface area is 166 Å². The average molecular weight is 438 g/mol. The van der Waals surface area contributed by atoms with Crippen molar-refractivity contribution in [2.24, 2.45) is 0 Å². The molecule has 0 saturated carbocycles. The largest absolute Gasteiger partial charge is 0.741 e. The molecule has 3 rings (SSSR count). The summed E-state index contributed by atoms with van der Waals surface area (Å²) in [6, 6.07) is 12.8. The van der Waals surface area contributed by atoms with Crippen molar-refractivity contribution in [3.8, 4) is 5.75 Å². The van der Waals surface area contributed by atoms with Crippen LogP contribution in [-0.4, -0.2) is 43.4 Å². The maximum Gasteiger partial charge on any atom is 0.485 e. The van der Waals surface area contributed by atoms with Crippen LogP contribution in [0.3, 0.4) is 0 Å². The Morgan fingerprint density at radius 2 is 1.86 bits per heavy atom. The van der Waals surface area contributed by atoms with Crippen molar-refractivity contribution >= 4 is 32.7 Å². The molecular formula is C18H21F3O5S2. The minimum atomic E-state index is -6.09. The Bertz CT molecular complexity index is 894. The average Bonchev–Trinajstić information content (AvgIpc) is 3.14. The number of methoxy groups -OCH3 is 1. The van der Waals surface area contributed by atoms with E-state index in [4.69, 9.17) is 22.4 Å². The second-order valence-corrected chi connectivity index (χ2v) is 8.77. The highest BCUT2D eigenvalue weighted by atomic mass is 32.2. The van der Waals surface area contributed by atoms with Crippen LogP contribution < -0.4 is 4.74 Å². The first-order chi connectivity index (χ1) is 13.0. The molecule has 0 spiro atoms. The molecule has 0 bridgehead atoms. The summed E-state index contributed by atoms with van der Waals surface area (Å²) in [5.41, 5.74) is -4.27. The van der Waals surface area contributed by atoms with Crippen molar-refractivity contribution in [3.05, 3.63) is 42.0 Å². The van der Waals surface area contributed by atoms with Gasteiger partial charge >= 0.3 is 5.51 Å². The number of hydrogen-bond acceptors (Lipinski definition) is 5. The molecule has 0 amide bonds. The summed E-state index contributed by atoms with van der Waals surface area (Å²) in [5, 5.41) is 2.62. The predicted molar refractivity (Wildman–Crippen MR) is 103 cm³/mol. The molecule has 0 radical (unpaired) electrons. The van der Waals surface area contributed by atoms with Gasteiger partial charge in [-0.3, -0.25) is 0 Å². The number of hydrogen-bond donors (Lipinski definition) is 0. The van der Waals surface area contributed by atoms with Crippen molar-refractivity contribution in [1.82, 2.24) is 0 Å². The molecule has 2 aromatic rings. The fraction of sp³-hybridized carbons (Fsp3) is 0.444. The molecule has 1 heterocycles. The SMILES string of the molecule is COC(C)Oc1ccc2ccccc2c1C1CC[SH+]C1.O=S(=O)([O-])C(F)(F)F. The topological polar surface area (TPSA) is 75.7 Å². The lowest BCUT2D eigenvalue weighted by atomic mass is 9.92. The second kappa shape index (κ2) is 9.34. The molecule has 1 fully saturated rings. The number of alkyl halides is 3. The van der Waals surface area contributed by atoms with Gasteiger partial charge in [0.1, 0.15) is 17.3 Å². The van der Waals surface area contributed by atoms with Gasteiger partial charge in [-0.1, -0.05) is 30.3 Å². The Balaban J connectivity index is 0.000000300. The van der Waals surface area contributed by atoms with Crippen LogP contribution in [-0.2, 0) is 26.6 Å². The van der Waals surface area contributed by atoms with Crippen molar-refractivity contribution in [2.75, 3.05) is 18.6 Å². The quantitative estimate of drug-likeness (QED) is 0.240. The van der Waals surface area contributed by atoms with Crippen LogP contribution in [0, 0.1) is 0 Å². The highest BCUT2D eigenvalue weighted by Gasteiger charge is 2.37. The summed E-state index contributed by atoms with van der Waals surface area (Å²) in [7, 11) is -4.41. The molecular weight excluding hydrogens is 417 g/mol. The molecule has 1 aliphatic heterocycles. The smallest absolute Gasteiger partial charge is 0.485 e. The van der Waals surface area contributed by atoms with Gasteiger partial charge in [0, 0.05) is 25.0 Å². The van der Waals surface area contributed by atoms with Gasteiger partial charge in [0.05, 0.1) is 0 Å². The number of rotatable bonds is 4. The molecule has 2 aromatic carbocycles. The number of benzene rings is 2. The van der Waals surface area contributed by atoms with Crippen LogP contribution in [0.25, 0.3) is 10.8 Å². The van der Waals surface area contributed by atoms with Crippen LogP contribution in [0.5, 0.6) is 5.75 Å². The molecule has 28 heavy (non-hydrogen) atoms. The minimum absolute atomic E-state index is 0.214. The van der Waals surface area contributed by atoms with Gasteiger partial charge in [0.2, 0.25) is 0 Å². The van der Waals surface area contributed by atoms with Gasteiger partial charge in [0.25, 0.3) is 0 Å². The van der Waals surface area contributed by atoms with Crippen LogP contribution in [0.1, 0.15) is 24.8 Å². The molecule has 0 aromatic heterocycles. The summed E-state index contributed by atoms with van der Waals surface area (Å²) in [6.07, 6.45) is 1.04. The summed E-state index contributed by atoms with van der Waals surface area (Å²) >= 11 is 1.56. The van der Waals surface area contributed by atoms with Crippen LogP contribution >= 0.6 is 0 Å². The predicted octanol–water partition coefficient (Wildman–Crippen LogP) is 3.56. The Hall–Kier alpha value is -1.49. The minimum Gasteiger partial charge on any atom is -0.741 e. The molecule has 0 N–H and O–H groups in total. The molecule has 0 aliphatic carbocycles. The monoisotopic (exact) mass is 438 g/mol. The zero-order chi connectivity index (χ0) is 20.9. The van der Waals surface area contributed by atoms with E-state index in [1.807, 2.05) is 6.92 Å². The molecule has 5 nitrogen and oxygen atoms in total. The first kappa shape index (κ1) is 22.8. The third-order valence-electron chi connectivity index (χ3n) is 4.23. The fourth-order valence-electron chi connectivity index (χ4n) is 2.85. The Kier molecular flexibility index (Phi) is 7.60. The molecule has 10 heteroatoms. The summed E-state index contributed by atoms with van der Waals surface area (Å²) in [6.45, 7) is 1.94. The number of thiol groups is 1. The van der Waals surface area contributed by atoms with Crippen LogP contribution in [0.2, 0.25) is 0 Å². The lowest BCUT2D eigenvalue weighted by molar-refractivity contribution is -0.0518. The van der Waals surface area contributed by atoms with Crippen molar-refractivity contribution in [1.29, 1.82) is 0 Å². The zero-order valence-corrected chi connectivity index (χ0v) is 17.0. The van der Waals surface area contributed by atoms with E-state index in [9.17, 15) is 13.2 Å². The summed E-state index contributed by atoms with van der Waals surface area (Å²) in [5.74, 6) is 4.14. The van der Waals surface area contributed by atoms with E-state index in [1.165, 1.54) is 34.3 Å². The van der Waals surface area contributed by atoms with E-state index < -0.39 is 15.6 Å². The molecule has 156 valence electrons. The second-order valence-electron chi connectivity index (χ2n) is 6.13. The van der Waals surface area contributed by atoms with Gasteiger partial charge in [-0.15, -0.1) is 0 Å². The van der Waals surface area contributed by atoms with E-state index >= 15 is 0 Å². The first-order valence-electron chi connectivity index (χ1n) is 8.41. The number of fused-ring (bicyclic) bond motifs is 1. The number of ether oxygens (including phenoxy) is 2. The normalized spacial score (nSPS) is 18.4. The van der Waals surface area contributed by atoms with Gasteiger partial charge < -0.3 is 14.0 Å². The van der Waals surface area contributed by atoms with Gasteiger partial charge in [0.15, 0.2) is 16.4 Å². The maximum atomic E-state index is 10.7. The van der Waals surface area contributed by atoms with Gasteiger partial charge in [-0.05, 0) is 35.5 Å². The highest BCUT2D eigenvalue weighted by Crippen LogP contribution is 2.38. The first-order valence-corrected chi connectivity index (χ1v) is 11.1. The van der Waals surface area contributed by atoms with E-state index in [0.717, 1.165) is 5.75 Å². The van der Waals surface area contributed by atoms with Gasteiger partial charge in [-0.25, -0.2) is 8.42 Å². The van der Waals surface area contributed by atoms with Gasteiger partial charge in [-0.2, -0.15) is 13.2 Å². The number of halogens is 3. The fourth-order valence-corrected chi connectivity index (χ4v) is 4.20. The zero-order valence-electron chi connectivity index (χ0n) is 15.3. The van der Waals surface area contributed by atoms with Crippen molar-refractivity contribution < 1.29 is 35.6 Å². The molecule has 2 atom stereocenters. The van der Waals surface area contributed by atoms with E-state index in [2.05, 4.69) is 36.4 Å². The summed E-state index contributed by atoms with van der Waals surface area (Å²) < 4.78 is 70.2. The Morgan fingerprint density at radius 1 is 1.21 bits per heavy atom. The molecule has 1 saturated heterocycles. The molecule has 2 unspecified atom stereocenters. The lowest BCUT2D eigenvalue weighted by Gasteiger charge is -2.20. The van der Waals surface area contributed by atoms with E-state index in [-0.39, 0.29) is 6.29 Å². The van der Waals surface area contributed by atoms with Crippen molar-refractivity contribution in [3.63, 3.8) is 0 Å². The highest BCUT2D eigenvalue weighted by molar-refractivity contribution is 7.86. The maximum absolute atomic E-state index is 10.7. The van der Waals surface area contributed by atoms with E-state index in [1.54, 1.807) is 18.9 Å². The van der Waals surface area contributed by atoms with E-state index in [0.29, 0.717) is 5.92 Å².